The van der Waals surface area contributed by atoms with Gasteiger partial charge in [0.2, 0.25) is 0 Å². The topological polar surface area (TPSA) is 69.6 Å². The molecule has 1 saturated heterocycles. The molecule has 2 fully saturated rings. The first-order valence-corrected chi connectivity index (χ1v) is 7.15. The molecule has 2 unspecified atom stereocenters. The predicted molar refractivity (Wildman–Crippen MR) is 71.8 cm³/mol. The van der Waals surface area contributed by atoms with Crippen LogP contribution < -0.4 is 5.32 Å². The highest BCUT2D eigenvalue weighted by Gasteiger charge is 2.35. The molecule has 19 heavy (non-hydrogen) atoms. The van der Waals surface area contributed by atoms with E-state index < -0.39 is 5.97 Å². The Bertz CT molecular complexity index is 368. The lowest BCUT2D eigenvalue weighted by molar-refractivity contribution is -0.142. The van der Waals surface area contributed by atoms with Crippen LogP contribution in [0, 0.1) is 17.3 Å². The number of urea groups is 1. The largest absolute Gasteiger partial charge is 0.481 e. The summed E-state index contributed by atoms with van der Waals surface area (Å²) in [6.07, 6.45) is 3.63. The fourth-order valence-corrected chi connectivity index (χ4v) is 3.22. The van der Waals surface area contributed by atoms with Gasteiger partial charge in [-0.3, -0.25) is 4.79 Å². The van der Waals surface area contributed by atoms with E-state index in [1.807, 2.05) is 4.90 Å². The van der Waals surface area contributed by atoms with E-state index in [0.717, 1.165) is 38.8 Å². The number of likely N-dealkylation sites (tertiary alicyclic amines) is 1. The van der Waals surface area contributed by atoms with Crippen molar-refractivity contribution in [1.29, 1.82) is 0 Å². The van der Waals surface area contributed by atoms with Gasteiger partial charge in [-0.2, -0.15) is 0 Å². The molecule has 1 saturated carbocycles. The third kappa shape index (κ3) is 3.39. The lowest BCUT2D eigenvalue weighted by Gasteiger charge is -2.22. The fourth-order valence-electron chi connectivity index (χ4n) is 3.22. The molecule has 1 heterocycles. The van der Waals surface area contributed by atoms with Gasteiger partial charge in [-0.15, -0.1) is 0 Å². The minimum Gasteiger partial charge on any atom is -0.481 e. The molecule has 0 aromatic rings. The van der Waals surface area contributed by atoms with Crippen LogP contribution in [0.4, 0.5) is 4.79 Å². The maximum Gasteiger partial charge on any atom is 0.317 e. The van der Waals surface area contributed by atoms with Crippen LogP contribution >= 0.6 is 0 Å². The quantitative estimate of drug-likeness (QED) is 0.821. The number of carboxylic acid groups (broad SMARTS) is 1. The number of amides is 2. The highest BCUT2D eigenvalue weighted by atomic mass is 16.4. The van der Waals surface area contributed by atoms with Gasteiger partial charge >= 0.3 is 12.0 Å². The van der Waals surface area contributed by atoms with E-state index in [-0.39, 0.29) is 23.3 Å². The third-order valence-corrected chi connectivity index (χ3v) is 4.46. The number of carbonyl (C=O) groups excluding carboxylic acids is 1. The standard InChI is InChI=1S/C14H24N2O3/c1-14(2)6-7-16(9-14)13(19)15-8-10-4-3-5-11(10)12(17)18/h10-11H,3-9H2,1-2H3,(H,15,19)(H,17,18). The van der Waals surface area contributed by atoms with Crippen molar-refractivity contribution in [3.8, 4) is 0 Å². The molecule has 0 aromatic heterocycles. The van der Waals surface area contributed by atoms with E-state index in [9.17, 15) is 9.59 Å². The molecular weight excluding hydrogens is 244 g/mol. The summed E-state index contributed by atoms with van der Waals surface area (Å²) in [7, 11) is 0. The summed E-state index contributed by atoms with van der Waals surface area (Å²) in [6, 6.07) is -0.0402. The molecular formula is C14H24N2O3. The molecule has 2 aliphatic rings. The lowest BCUT2D eigenvalue weighted by Crippen LogP contribution is -2.42. The van der Waals surface area contributed by atoms with Gasteiger partial charge in [0, 0.05) is 19.6 Å². The van der Waals surface area contributed by atoms with Gasteiger partial charge in [0.15, 0.2) is 0 Å². The molecule has 0 bridgehead atoms. The number of carbonyl (C=O) groups is 2. The number of nitrogens with one attached hydrogen (secondary N) is 1. The minimum atomic E-state index is -0.723. The molecule has 108 valence electrons. The molecule has 2 rings (SSSR count). The molecule has 5 heteroatoms. The molecule has 1 aliphatic heterocycles. The molecule has 5 nitrogen and oxygen atoms in total. The highest BCUT2D eigenvalue weighted by Crippen LogP contribution is 2.32. The maximum absolute atomic E-state index is 12.0. The van der Waals surface area contributed by atoms with Gasteiger partial charge < -0.3 is 15.3 Å². The number of aliphatic carboxylic acids is 1. The van der Waals surface area contributed by atoms with Crippen molar-refractivity contribution in [2.75, 3.05) is 19.6 Å². The van der Waals surface area contributed by atoms with Crippen molar-refractivity contribution in [2.45, 2.75) is 39.5 Å². The van der Waals surface area contributed by atoms with Crippen LogP contribution in [0.2, 0.25) is 0 Å². The Labute approximate surface area is 114 Å². The van der Waals surface area contributed by atoms with Crippen LogP contribution in [0.25, 0.3) is 0 Å². The smallest absolute Gasteiger partial charge is 0.317 e. The molecule has 1 aliphatic carbocycles. The SMILES string of the molecule is CC1(C)CCN(C(=O)NCC2CCCC2C(=O)O)C1. The second kappa shape index (κ2) is 5.39. The van der Waals surface area contributed by atoms with Crippen molar-refractivity contribution in [2.24, 2.45) is 17.3 Å². The van der Waals surface area contributed by atoms with Gasteiger partial charge in [0.25, 0.3) is 0 Å². The van der Waals surface area contributed by atoms with E-state index in [0.29, 0.717) is 6.54 Å². The number of hydrogen-bond donors (Lipinski definition) is 2. The summed E-state index contributed by atoms with van der Waals surface area (Å²) < 4.78 is 0. The van der Waals surface area contributed by atoms with Gasteiger partial charge in [0.05, 0.1) is 5.92 Å². The number of hydrogen-bond acceptors (Lipinski definition) is 2. The number of nitrogens with zero attached hydrogens (tertiary/aromatic N) is 1. The zero-order valence-electron chi connectivity index (χ0n) is 11.8. The Morgan fingerprint density at radius 3 is 2.68 bits per heavy atom. The summed E-state index contributed by atoms with van der Waals surface area (Å²) in [6.45, 7) is 6.40. The van der Waals surface area contributed by atoms with Crippen molar-refractivity contribution in [1.82, 2.24) is 10.2 Å². The van der Waals surface area contributed by atoms with Crippen LogP contribution in [0.3, 0.4) is 0 Å². The second-order valence-corrected chi connectivity index (χ2v) is 6.66. The van der Waals surface area contributed by atoms with E-state index >= 15 is 0 Å². The Hall–Kier alpha value is -1.26. The van der Waals surface area contributed by atoms with Crippen LogP contribution in [0.15, 0.2) is 0 Å². The van der Waals surface area contributed by atoms with E-state index in [1.165, 1.54) is 0 Å². The number of rotatable bonds is 3. The van der Waals surface area contributed by atoms with Gasteiger partial charge in [-0.1, -0.05) is 20.3 Å². The van der Waals surface area contributed by atoms with Crippen LogP contribution in [0.5, 0.6) is 0 Å². The average molecular weight is 268 g/mol. The van der Waals surface area contributed by atoms with Crippen LogP contribution in [-0.4, -0.2) is 41.6 Å². The zero-order chi connectivity index (χ0) is 14.0. The highest BCUT2D eigenvalue weighted by molar-refractivity contribution is 5.75. The molecule has 0 aromatic carbocycles. The van der Waals surface area contributed by atoms with Crippen LogP contribution in [-0.2, 0) is 4.79 Å². The monoisotopic (exact) mass is 268 g/mol. The zero-order valence-corrected chi connectivity index (χ0v) is 11.8. The fraction of sp³-hybridized carbons (Fsp3) is 0.857. The Morgan fingerprint density at radius 2 is 2.11 bits per heavy atom. The molecule has 0 radical (unpaired) electrons. The third-order valence-electron chi connectivity index (χ3n) is 4.46. The first kappa shape index (κ1) is 14.2. The molecule has 2 atom stereocenters. The maximum atomic E-state index is 12.0. The van der Waals surface area contributed by atoms with E-state index in [2.05, 4.69) is 19.2 Å². The Balaban J connectivity index is 1.79. The van der Waals surface area contributed by atoms with Gasteiger partial charge in [0.1, 0.15) is 0 Å². The number of carboxylic acids is 1. The summed E-state index contributed by atoms with van der Waals surface area (Å²) in [5.41, 5.74) is 0.203. The van der Waals surface area contributed by atoms with Crippen molar-refractivity contribution < 1.29 is 14.7 Å². The van der Waals surface area contributed by atoms with Crippen molar-refractivity contribution in [3.63, 3.8) is 0 Å². The molecule has 2 amide bonds. The van der Waals surface area contributed by atoms with Crippen LogP contribution in [0.1, 0.15) is 39.5 Å². The molecule has 0 spiro atoms. The predicted octanol–water partition coefficient (Wildman–Crippen LogP) is 1.93. The normalized spacial score (nSPS) is 29.5. The summed E-state index contributed by atoms with van der Waals surface area (Å²) >= 11 is 0. The first-order chi connectivity index (χ1) is 8.89. The van der Waals surface area contributed by atoms with Crippen molar-refractivity contribution in [3.05, 3.63) is 0 Å². The van der Waals surface area contributed by atoms with E-state index in [1.54, 1.807) is 0 Å². The Morgan fingerprint density at radius 1 is 1.37 bits per heavy atom. The summed E-state index contributed by atoms with van der Waals surface area (Å²) in [5.74, 6) is -0.911. The lowest BCUT2D eigenvalue weighted by atomic mass is 9.93. The molecule has 2 N–H and O–H groups in total. The first-order valence-electron chi connectivity index (χ1n) is 7.15. The van der Waals surface area contributed by atoms with Gasteiger partial charge in [-0.05, 0) is 30.6 Å². The summed E-state index contributed by atoms with van der Waals surface area (Å²) in [5, 5.41) is 12.0. The Kier molecular flexibility index (Phi) is 4.02. The van der Waals surface area contributed by atoms with Gasteiger partial charge in [-0.25, -0.2) is 4.79 Å². The minimum absolute atomic E-state index is 0.0402. The average Bonchev–Trinajstić information content (AvgIpc) is 2.92. The van der Waals surface area contributed by atoms with E-state index in [4.69, 9.17) is 5.11 Å². The second-order valence-electron chi connectivity index (χ2n) is 6.66. The van der Waals surface area contributed by atoms with Crippen molar-refractivity contribution >= 4 is 12.0 Å². The summed E-state index contributed by atoms with van der Waals surface area (Å²) in [4.78, 5) is 24.9.